The molecule has 1 unspecified atom stereocenters. The van der Waals surface area contributed by atoms with Crippen molar-refractivity contribution in [3.8, 4) is 0 Å². The Balaban J connectivity index is 1.75. The first-order chi connectivity index (χ1) is 9.53. The molecule has 0 radical (unpaired) electrons. The number of allylic oxidation sites excluding steroid dienone is 1. The van der Waals surface area contributed by atoms with E-state index in [2.05, 4.69) is 9.97 Å². The summed E-state index contributed by atoms with van der Waals surface area (Å²) in [5.74, 6) is 0.395. The van der Waals surface area contributed by atoms with Crippen LogP contribution in [0.25, 0.3) is 11.0 Å². The molecule has 2 heterocycles. The molecule has 0 aliphatic carbocycles. The van der Waals surface area contributed by atoms with E-state index in [1.54, 1.807) is 6.26 Å². The lowest BCUT2D eigenvalue weighted by molar-refractivity contribution is 0.0997. The minimum Gasteiger partial charge on any atom is -0.609 e. The monoisotopic (exact) mass is 288 g/mol. The lowest BCUT2D eigenvalue weighted by Gasteiger charge is -2.24. The molecule has 1 atom stereocenters. The van der Waals surface area contributed by atoms with Crippen LogP contribution in [-0.2, 0) is 15.9 Å². The second-order valence-electron chi connectivity index (χ2n) is 5.30. The molecule has 1 aromatic carbocycles. The molecule has 0 saturated carbocycles. The molecule has 3 rings (SSSR count). The van der Waals surface area contributed by atoms with E-state index in [9.17, 15) is 4.55 Å². The van der Waals surface area contributed by atoms with Crippen molar-refractivity contribution in [3.05, 3.63) is 48.3 Å². The van der Waals surface area contributed by atoms with E-state index in [0.717, 1.165) is 16.6 Å². The standard InChI is InChI=1S/C15H16N2O2S/c1-15(2)8-7-11(9-19-15)10-20(18)14-16-12-5-3-4-6-13(12)17-14/h3-9H,10H2,1-2H3,(H,16,17). The average molecular weight is 288 g/mol. The normalized spacial score (nSPS) is 18.6. The van der Waals surface area contributed by atoms with Crippen LogP contribution in [0.1, 0.15) is 13.8 Å². The van der Waals surface area contributed by atoms with E-state index in [1.807, 2.05) is 50.3 Å². The molecule has 5 heteroatoms. The van der Waals surface area contributed by atoms with E-state index in [1.165, 1.54) is 0 Å². The maximum Gasteiger partial charge on any atom is 0.321 e. The van der Waals surface area contributed by atoms with Crippen LogP contribution in [0.3, 0.4) is 0 Å². The molecule has 0 saturated heterocycles. The van der Waals surface area contributed by atoms with Gasteiger partial charge in [0, 0.05) is 16.7 Å². The molecular weight excluding hydrogens is 272 g/mol. The lowest BCUT2D eigenvalue weighted by Crippen LogP contribution is -2.22. The smallest absolute Gasteiger partial charge is 0.321 e. The van der Waals surface area contributed by atoms with E-state index < -0.39 is 11.2 Å². The number of imidazole rings is 1. The van der Waals surface area contributed by atoms with Gasteiger partial charge >= 0.3 is 5.16 Å². The van der Waals surface area contributed by atoms with Crippen LogP contribution in [0.4, 0.5) is 0 Å². The SMILES string of the molecule is CC1(C)C=CC(C[S+]([O-])c2nc3ccccc3[nH]2)=CO1. The largest absolute Gasteiger partial charge is 0.609 e. The Morgan fingerprint density at radius 2 is 2.15 bits per heavy atom. The van der Waals surface area contributed by atoms with Gasteiger partial charge in [-0.05, 0) is 32.1 Å². The topological polar surface area (TPSA) is 61.0 Å². The summed E-state index contributed by atoms with van der Waals surface area (Å²) in [6.45, 7) is 3.96. The fourth-order valence-electron chi connectivity index (χ4n) is 1.95. The first kappa shape index (κ1) is 13.3. The Hall–Kier alpha value is -1.72. The predicted molar refractivity (Wildman–Crippen MR) is 79.8 cm³/mol. The molecule has 0 bridgehead atoms. The molecule has 1 aliphatic heterocycles. The first-order valence-electron chi connectivity index (χ1n) is 6.43. The van der Waals surface area contributed by atoms with Crippen molar-refractivity contribution in [2.45, 2.75) is 24.6 Å². The van der Waals surface area contributed by atoms with Crippen molar-refractivity contribution < 1.29 is 9.29 Å². The van der Waals surface area contributed by atoms with Gasteiger partial charge in [-0.3, -0.25) is 4.98 Å². The molecule has 1 N–H and O–H groups in total. The maximum atomic E-state index is 12.3. The predicted octanol–water partition coefficient (Wildman–Crippen LogP) is 2.92. The van der Waals surface area contributed by atoms with Gasteiger partial charge in [0.2, 0.25) is 0 Å². The highest BCUT2D eigenvalue weighted by molar-refractivity contribution is 7.91. The Bertz CT molecular complexity index is 655. The minimum atomic E-state index is -1.20. The number of nitrogens with one attached hydrogen (secondary N) is 1. The number of nitrogens with zero attached hydrogens (tertiary/aromatic N) is 1. The number of rotatable bonds is 3. The van der Waals surface area contributed by atoms with Crippen LogP contribution in [0.5, 0.6) is 0 Å². The molecule has 0 spiro atoms. The highest BCUT2D eigenvalue weighted by Crippen LogP contribution is 2.22. The van der Waals surface area contributed by atoms with Crippen LogP contribution >= 0.6 is 0 Å². The highest BCUT2D eigenvalue weighted by Gasteiger charge is 2.22. The summed E-state index contributed by atoms with van der Waals surface area (Å²) in [5, 5.41) is 0.505. The summed E-state index contributed by atoms with van der Waals surface area (Å²) >= 11 is -1.20. The molecule has 1 aromatic heterocycles. The van der Waals surface area contributed by atoms with Crippen LogP contribution < -0.4 is 0 Å². The van der Waals surface area contributed by atoms with Gasteiger partial charge in [0.25, 0.3) is 0 Å². The highest BCUT2D eigenvalue weighted by atomic mass is 32.2. The summed E-state index contributed by atoms with van der Waals surface area (Å²) in [5.41, 5.74) is 2.36. The van der Waals surface area contributed by atoms with E-state index in [0.29, 0.717) is 10.9 Å². The summed E-state index contributed by atoms with van der Waals surface area (Å²) < 4.78 is 17.9. The molecule has 2 aromatic rings. The number of benzene rings is 1. The van der Waals surface area contributed by atoms with Crippen molar-refractivity contribution in [2.75, 3.05) is 5.75 Å². The van der Waals surface area contributed by atoms with Gasteiger partial charge in [-0.2, -0.15) is 4.98 Å². The first-order valence-corrected chi connectivity index (χ1v) is 7.75. The van der Waals surface area contributed by atoms with Crippen molar-refractivity contribution in [3.63, 3.8) is 0 Å². The minimum absolute atomic E-state index is 0.287. The number of fused-ring (bicyclic) bond motifs is 1. The zero-order chi connectivity index (χ0) is 14.2. The van der Waals surface area contributed by atoms with Crippen LogP contribution in [0.2, 0.25) is 0 Å². The van der Waals surface area contributed by atoms with E-state index >= 15 is 0 Å². The number of aromatic nitrogens is 2. The third-order valence-corrected chi connectivity index (χ3v) is 4.31. The fraction of sp³-hybridized carbons (Fsp3) is 0.267. The number of aromatic amines is 1. The summed E-state index contributed by atoms with van der Waals surface area (Å²) in [4.78, 5) is 7.46. The van der Waals surface area contributed by atoms with Crippen molar-refractivity contribution in [2.24, 2.45) is 0 Å². The van der Waals surface area contributed by atoms with Crippen molar-refractivity contribution in [1.29, 1.82) is 0 Å². The van der Waals surface area contributed by atoms with Crippen LogP contribution in [0.15, 0.2) is 53.4 Å². The number of hydrogen-bond donors (Lipinski definition) is 1. The van der Waals surface area contributed by atoms with Gasteiger partial charge in [0.15, 0.2) is 0 Å². The van der Waals surface area contributed by atoms with Gasteiger partial charge in [-0.15, -0.1) is 0 Å². The molecule has 0 fully saturated rings. The zero-order valence-corrected chi connectivity index (χ0v) is 12.2. The molecule has 1 aliphatic rings. The van der Waals surface area contributed by atoms with Gasteiger partial charge in [-0.25, -0.2) is 0 Å². The average Bonchev–Trinajstić information content (AvgIpc) is 2.85. The van der Waals surface area contributed by atoms with Gasteiger partial charge in [0.05, 0.1) is 17.3 Å². The molecule has 20 heavy (non-hydrogen) atoms. The van der Waals surface area contributed by atoms with Crippen LogP contribution in [0, 0.1) is 0 Å². The number of para-hydroxylation sites is 2. The number of ether oxygens (including phenoxy) is 1. The van der Waals surface area contributed by atoms with Gasteiger partial charge in [-0.1, -0.05) is 18.2 Å². The summed E-state index contributed by atoms with van der Waals surface area (Å²) in [6.07, 6.45) is 5.61. The summed E-state index contributed by atoms with van der Waals surface area (Å²) in [6, 6.07) is 7.67. The maximum absolute atomic E-state index is 12.3. The fourth-order valence-corrected chi connectivity index (χ4v) is 2.98. The Morgan fingerprint density at radius 1 is 1.35 bits per heavy atom. The lowest BCUT2D eigenvalue weighted by atomic mass is 10.1. The molecule has 104 valence electrons. The zero-order valence-electron chi connectivity index (χ0n) is 11.4. The second kappa shape index (κ2) is 5.00. The quantitative estimate of drug-likeness (QED) is 0.883. The van der Waals surface area contributed by atoms with E-state index in [4.69, 9.17) is 4.74 Å². The molecule has 0 amide bonds. The van der Waals surface area contributed by atoms with Gasteiger partial charge < -0.3 is 9.29 Å². The second-order valence-corrected chi connectivity index (χ2v) is 6.66. The van der Waals surface area contributed by atoms with Crippen LogP contribution in [-0.4, -0.2) is 25.9 Å². The molecular formula is C15H16N2O2S. The third kappa shape index (κ3) is 2.73. The Labute approximate surface area is 120 Å². The molecule has 4 nitrogen and oxygen atoms in total. The van der Waals surface area contributed by atoms with Crippen molar-refractivity contribution in [1.82, 2.24) is 9.97 Å². The number of H-pyrrole nitrogens is 1. The van der Waals surface area contributed by atoms with E-state index in [-0.39, 0.29) is 5.60 Å². The van der Waals surface area contributed by atoms with Gasteiger partial charge in [0.1, 0.15) is 11.4 Å². The number of hydrogen-bond acceptors (Lipinski definition) is 3. The third-order valence-electron chi connectivity index (χ3n) is 3.09. The Morgan fingerprint density at radius 3 is 2.85 bits per heavy atom. The summed E-state index contributed by atoms with van der Waals surface area (Å²) in [7, 11) is 0. The van der Waals surface area contributed by atoms with Crippen molar-refractivity contribution >= 4 is 22.2 Å². The Kier molecular flexibility index (Phi) is 3.31.